The lowest BCUT2D eigenvalue weighted by Crippen LogP contribution is -2.42. The zero-order valence-electron chi connectivity index (χ0n) is 12.6. The van der Waals surface area contributed by atoms with Crippen LogP contribution < -0.4 is 5.32 Å². The third kappa shape index (κ3) is 2.72. The number of aromatic nitrogens is 2. The highest BCUT2D eigenvalue weighted by Gasteiger charge is 2.31. The maximum atomic E-state index is 12.3. The highest BCUT2D eigenvalue weighted by Crippen LogP contribution is 2.28. The Bertz CT molecular complexity index is 755. The fraction of sp³-hybridized carbons (Fsp3) is 0.357. The molecule has 3 rings (SSSR count). The number of nitrogens with one attached hydrogen (secondary N) is 2. The summed E-state index contributed by atoms with van der Waals surface area (Å²) in [6, 6.07) is 9.70. The molecule has 1 aromatic carbocycles. The lowest BCUT2D eigenvalue weighted by atomic mass is 10.1. The van der Waals surface area contributed by atoms with Gasteiger partial charge >= 0.3 is 0 Å². The fourth-order valence-electron chi connectivity index (χ4n) is 2.46. The highest BCUT2D eigenvalue weighted by molar-refractivity contribution is 7.86. The number of aromatic amines is 1. The Labute approximate surface area is 130 Å². The van der Waals surface area contributed by atoms with Gasteiger partial charge < -0.3 is 5.32 Å². The van der Waals surface area contributed by atoms with Crippen molar-refractivity contribution in [3.8, 4) is 0 Å². The average molecular weight is 321 g/mol. The third-order valence-corrected chi connectivity index (χ3v) is 5.61. The van der Waals surface area contributed by atoms with Gasteiger partial charge in [0.15, 0.2) is 5.82 Å². The smallest absolute Gasteiger partial charge is 0.281 e. The number of benzene rings is 1. The van der Waals surface area contributed by atoms with E-state index in [9.17, 15) is 8.42 Å². The Kier molecular flexibility index (Phi) is 3.90. The van der Waals surface area contributed by atoms with Crippen LogP contribution in [-0.2, 0) is 23.2 Å². The van der Waals surface area contributed by atoms with Crippen LogP contribution in [0, 0.1) is 0 Å². The van der Waals surface area contributed by atoms with Gasteiger partial charge in [0.1, 0.15) is 0 Å². The van der Waals surface area contributed by atoms with Crippen molar-refractivity contribution in [3.63, 3.8) is 0 Å². The summed E-state index contributed by atoms with van der Waals surface area (Å²) in [4.78, 5) is 0. The summed E-state index contributed by atoms with van der Waals surface area (Å²) >= 11 is 0. The summed E-state index contributed by atoms with van der Waals surface area (Å²) in [5, 5.41) is 10.5. The van der Waals surface area contributed by atoms with Gasteiger partial charge in [-0.15, -0.1) is 0 Å². The number of H-pyrrole nitrogens is 1. The number of para-hydroxylation sites is 1. The molecule has 0 amide bonds. The zero-order chi connectivity index (χ0) is 15.7. The van der Waals surface area contributed by atoms with Crippen LogP contribution in [0.2, 0.25) is 0 Å². The molecule has 7 nitrogen and oxygen atoms in total. The van der Waals surface area contributed by atoms with E-state index in [2.05, 4.69) is 15.5 Å². The van der Waals surface area contributed by atoms with Gasteiger partial charge in [0.25, 0.3) is 10.2 Å². The van der Waals surface area contributed by atoms with E-state index in [0.29, 0.717) is 25.3 Å². The Morgan fingerprint density at radius 3 is 2.68 bits per heavy atom. The quantitative estimate of drug-likeness (QED) is 0.890. The van der Waals surface area contributed by atoms with Crippen LogP contribution in [0.15, 0.2) is 30.3 Å². The molecule has 0 saturated carbocycles. The molecule has 0 spiro atoms. The first kappa shape index (κ1) is 15.0. The molecule has 118 valence electrons. The van der Waals surface area contributed by atoms with Crippen molar-refractivity contribution in [3.05, 3.63) is 41.6 Å². The van der Waals surface area contributed by atoms with Crippen LogP contribution in [0.3, 0.4) is 0 Å². The fourth-order valence-corrected chi connectivity index (χ4v) is 3.54. The van der Waals surface area contributed by atoms with Crippen molar-refractivity contribution in [1.29, 1.82) is 0 Å². The number of hydrogen-bond donors (Lipinski definition) is 2. The predicted molar refractivity (Wildman–Crippen MR) is 85.0 cm³/mol. The van der Waals surface area contributed by atoms with E-state index in [1.165, 1.54) is 8.61 Å². The van der Waals surface area contributed by atoms with Crippen molar-refractivity contribution >= 4 is 21.7 Å². The van der Waals surface area contributed by atoms with Crippen molar-refractivity contribution in [2.45, 2.75) is 13.0 Å². The van der Waals surface area contributed by atoms with Gasteiger partial charge in [-0.1, -0.05) is 18.2 Å². The van der Waals surface area contributed by atoms with Crippen LogP contribution >= 0.6 is 0 Å². The molecule has 1 aliphatic heterocycles. The standard InChI is InChI=1S/C14H19N5O2S/c1-18(2)22(20,21)19-9-8-13-12(10-19)14(17-16-13)15-11-6-4-3-5-7-11/h3-7H,8-10H2,1-2H3,(H2,15,16,17). The molecule has 1 aliphatic rings. The Balaban J connectivity index is 1.86. The number of rotatable bonds is 4. The van der Waals surface area contributed by atoms with E-state index in [1.54, 1.807) is 14.1 Å². The van der Waals surface area contributed by atoms with Crippen LogP contribution in [0.4, 0.5) is 11.5 Å². The van der Waals surface area contributed by atoms with E-state index in [1.807, 2.05) is 30.3 Å². The first-order valence-corrected chi connectivity index (χ1v) is 8.44. The maximum Gasteiger partial charge on any atom is 0.281 e. The summed E-state index contributed by atoms with van der Waals surface area (Å²) in [5.41, 5.74) is 2.81. The molecule has 0 saturated heterocycles. The lowest BCUT2D eigenvalue weighted by Gasteiger charge is -2.28. The summed E-state index contributed by atoms with van der Waals surface area (Å²) in [6.45, 7) is 0.780. The van der Waals surface area contributed by atoms with E-state index in [0.717, 1.165) is 16.9 Å². The molecule has 0 radical (unpaired) electrons. The van der Waals surface area contributed by atoms with Crippen molar-refractivity contribution in [1.82, 2.24) is 18.8 Å². The monoisotopic (exact) mass is 321 g/mol. The molecule has 2 N–H and O–H groups in total. The molecule has 22 heavy (non-hydrogen) atoms. The molecular formula is C14H19N5O2S. The second-order valence-electron chi connectivity index (χ2n) is 5.39. The first-order valence-electron chi connectivity index (χ1n) is 7.04. The van der Waals surface area contributed by atoms with Gasteiger partial charge in [-0.3, -0.25) is 5.10 Å². The summed E-state index contributed by atoms with van der Waals surface area (Å²) in [6.07, 6.45) is 0.631. The van der Waals surface area contributed by atoms with Gasteiger partial charge in [0.2, 0.25) is 0 Å². The first-order chi connectivity index (χ1) is 10.5. The van der Waals surface area contributed by atoms with Gasteiger partial charge in [-0.05, 0) is 12.1 Å². The molecule has 1 aromatic heterocycles. The number of hydrogen-bond acceptors (Lipinski definition) is 4. The van der Waals surface area contributed by atoms with Crippen LogP contribution in [0.25, 0.3) is 0 Å². The Hall–Kier alpha value is -1.90. The Morgan fingerprint density at radius 2 is 2.00 bits per heavy atom. The normalized spacial score (nSPS) is 15.8. The minimum atomic E-state index is -3.41. The molecule has 0 atom stereocenters. The van der Waals surface area contributed by atoms with Crippen molar-refractivity contribution in [2.75, 3.05) is 26.0 Å². The maximum absolute atomic E-state index is 12.3. The summed E-state index contributed by atoms with van der Waals surface area (Å²) in [5.74, 6) is 0.680. The molecule has 2 heterocycles. The minimum absolute atomic E-state index is 0.321. The molecule has 0 aliphatic carbocycles. The van der Waals surface area contributed by atoms with E-state index in [4.69, 9.17) is 0 Å². The number of fused-ring (bicyclic) bond motifs is 1. The lowest BCUT2D eigenvalue weighted by molar-refractivity contribution is 0.358. The molecule has 0 bridgehead atoms. The molecular weight excluding hydrogens is 302 g/mol. The predicted octanol–water partition coefficient (Wildman–Crippen LogP) is 1.32. The largest absolute Gasteiger partial charge is 0.338 e. The molecule has 0 fully saturated rings. The van der Waals surface area contributed by atoms with Gasteiger partial charge in [0, 0.05) is 50.6 Å². The van der Waals surface area contributed by atoms with E-state index < -0.39 is 10.2 Å². The van der Waals surface area contributed by atoms with Crippen molar-refractivity contribution < 1.29 is 8.42 Å². The summed E-state index contributed by atoms with van der Waals surface area (Å²) in [7, 11) is -0.323. The number of anilines is 2. The van der Waals surface area contributed by atoms with E-state index >= 15 is 0 Å². The molecule has 8 heteroatoms. The van der Waals surface area contributed by atoms with Gasteiger partial charge in [0.05, 0.1) is 0 Å². The highest BCUT2D eigenvalue weighted by atomic mass is 32.2. The second kappa shape index (κ2) is 5.71. The molecule has 0 unspecified atom stereocenters. The van der Waals surface area contributed by atoms with Gasteiger partial charge in [-0.2, -0.15) is 22.1 Å². The average Bonchev–Trinajstić information content (AvgIpc) is 2.90. The van der Waals surface area contributed by atoms with Crippen molar-refractivity contribution in [2.24, 2.45) is 0 Å². The third-order valence-electron chi connectivity index (χ3n) is 3.72. The minimum Gasteiger partial charge on any atom is -0.338 e. The van der Waals surface area contributed by atoms with Crippen LogP contribution in [0.1, 0.15) is 11.3 Å². The Morgan fingerprint density at radius 1 is 1.27 bits per heavy atom. The van der Waals surface area contributed by atoms with E-state index in [-0.39, 0.29) is 0 Å². The SMILES string of the molecule is CN(C)S(=O)(=O)N1CCc2[nH]nc(Nc3ccccc3)c2C1. The zero-order valence-corrected chi connectivity index (χ0v) is 13.4. The summed E-state index contributed by atoms with van der Waals surface area (Å²) < 4.78 is 27.3. The number of nitrogens with zero attached hydrogens (tertiary/aromatic N) is 3. The molecule has 2 aromatic rings. The van der Waals surface area contributed by atoms with Gasteiger partial charge in [-0.25, -0.2) is 0 Å². The van der Waals surface area contributed by atoms with Crippen LogP contribution in [0.5, 0.6) is 0 Å². The van der Waals surface area contributed by atoms with Crippen LogP contribution in [-0.4, -0.2) is 47.9 Å². The topological polar surface area (TPSA) is 81.3 Å². The second-order valence-corrected chi connectivity index (χ2v) is 7.54.